The predicted molar refractivity (Wildman–Crippen MR) is 64.0 cm³/mol. The Morgan fingerprint density at radius 2 is 1.80 bits per heavy atom. The fraction of sp³-hybridized carbons (Fsp3) is 0.923. The highest BCUT2D eigenvalue weighted by molar-refractivity contribution is 5.78. The number of hydrogen-bond donors (Lipinski definition) is 1. The average molecular weight is 211 g/mol. The number of hydrogen-bond acceptors (Lipinski definition) is 2. The van der Waals surface area contributed by atoms with Gasteiger partial charge in [0.25, 0.3) is 0 Å². The van der Waals surface area contributed by atoms with Crippen LogP contribution in [0, 0.1) is 5.92 Å². The van der Waals surface area contributed by atoms with Gasteiger partial charge in [-0.3, -0.25) is 4.79 Å². The zero-order valence-corrected chi connectivity index (χ0v) is 10.1. The highest BCUT2D eigenvalue weighted by Crippen LogP contribution is 2.13. The van der Waals surface area contributed by atoms with Crippen molar-refractivity contribution < 1.29 is 4.79 Å². The van der Waals surface area contributed by atoms with E-state index in [1.54, 1.807) is 0 Å². The fourth-order valence-corrected chi connectivity index (χ4v) is 2.02. The van der Waals surface area contributed by atoms with Crippen molar-refractivity contribution in [3.63, 3.8) is 0 Å². The van der Waals surface area contributed by atoms with E-state index in [-0.39, 0.29) is 0 Å². The first-order chi connectivity index (χ1) is 7.33. The summed E-state index contributed by atoms with van der Waals surface area (Å²) in [7, 11) is 0. The van der Waals surface area contributed by atoms with Crippen molar-refractivity contribution in [2.45, 2.75) is 58.3 Å². The third-order valence-electron chi connectivity index (χ3n) is 3.19. The quantitative estimate of drug-likeness (QED) is 0.594. The molecule has 0 amide bonds. The number of Topliss-reactive ketones (excluding diaryl/α,β-unsaturated/α-hetero) is 1. The number of nitrogens with one attached hydrogen (secondary N) is 1. The molecule has 15 heavy (non-hydrogen) atoms. The first-order valence-corrected chi connectivity index (χ1v) is 6.55. The third kappa shape index (κ3) is 5.93. The second-order valence-corrected chi connectivity index (χ2v) is 4.78. The Kier molecular flexibility index (Phi) is 6.66. The zero-order chi connectivity index (χ0) is 10.9. The van der Waals surface area contributed by atoms with Crippen LogP contribution in [0.4, 0.5) is 0 Å². The lowest BCUT2D eigenvalue weighted by molar-refractivity contribution is -0.120. The molecule has 0 aromatic carbocycles. The van der Waals surface area contributed by atoms with Gasteiger partial charge in [0.2, 0.25) is 0 Å². The molecule has 0 aromatic rings. The summed E-state index contributed by atoms with van der Waals surface area (Å²) in [6.45, 7) is 4.35. The summed E-state index contributed by atoms with van der Waals surface area (Å²) < 4.78 is 0. The molecule has 2 heteroatoms. The van der Waals surface area contributed by atoms with Crippen molar-refractivity contribution in [1.82, 2.24) is 5.32 Å². The summed E-state index contributed by atoms with van der Waals surface area (Å²) in [6.07, 6.45) is 9.31. The summed E-state index contributed by atoms with van der Waals surface area (Å²) >= 11 is 0. The van der Waals surface area contributed by atoms with Crippen molar-refractivity contribution in [3.8, 4) is 0 Å². The van der Waals surface area contributed by atoms with Gasteiger partial charge in [-0.15, -0.1) is 0 Å². The standard InChI is InChI=1S/C13H25NO/c1-2-3-4-5-6-7-8-13(15)9-12-10-14-11-12/h12,14H,2-11H2,1H3. The van der Waals surface area contributed by atoms with Crippen molar-refractivity contribution in [1.29, 1.82) is 0 Å². The van der Waals surface area contributed by atoms with E-state index in [0.717, 1.165) is 32.4 Å². The van der Waals surface area contributed by atoms with E-state index in [9.17, 15) is 4.79 Å². The van der Waals surface area contributed by atoms with E-state index < -0.39 is 0 Å². The minimum absolute atomic E-state index is 0.483. The molecule has 1 aliphatic rings. The maximum Gasteiger partial charge on any atom is 0.133 e. The van der Waals surface area contributed by atoms with Crippen molar-refractivity contribution in [2.24, 2.45) is 5.92 Å². The SMILES string of the molecule is CCCCCCCCC(=O)CC1CNC1. The Hall–Kier alpha value is -0.370. The number of rotatable bonds is 9. The van der Waals surface area contributed by atoms with Crippen LogP contribution in [-0.2, 0) is 4.79 Å². The van der Waals surface area contributed by atoms with Crippen LogP contribution in [0.1, 0.15) is 58.3 Å². The number of ketones is 1. The summed E-state index contributed by atoms with van der Waals surface area (Å²) in [4.78, 5) is 11.5. The molecule has 0 atom stereocenters. The molecule has 1 heterocycles. The van der Waals surface area contributed by atoms with Gasteiger partial charge in [-0.05, 0) is 25.4 Å². The van der Waals surface area contributed by atoms with E-state index in [4.69, 9.17) is 0 Å². The lowest BCUT2D eigenvalue weighted by Gasteiger charge is -2.26. The van der Waals surface area contributed by atoms with E-state index in [2.05, 4.69) is 12.2 Å². The minimum Gasteiger partial charge on any atom is -0.316 e. The Labute approximate surface area is 93.8 Å². The fourth-order valence-electron chi connectivity index (χ4n) is 2.02. The van der Waals surface area contributed by atoms with Gasteiger partial charge in [0.05, 0.1) is 0 Å². The molecule has 0 aliphatic carbocycles. The maximum atomic E-state index is 11.5. The molecule has 0 bridgehead atoms. The van der Waals surface area contributed by atoms with E-state index in [1.165, 1.54) is 32.1 Å². The summed E-state index contributed by atoms with van der Waals surface area (Å²) in [5.41, 5.74) is 0. The van der Waals surface area contributed by atoms with Crippen LogP contribution >= 0.6 is 0 Å². The second kappa shape index (κ2) is 7.86. The third-order valence-corrected chi connectivity index (χ3v) is 3.19. The van der Waals surface area contributed by atoms with Gasteiger partial charge in [-0.2, -0.15) is 0 Å². The Morgan fingerprint density at radius 1 is 1.13 bits per heavy atom. The molecule has 1 saturated heterocycles. The van der Waals surface area contributed by atoms with Crippen LogP contribution in [0.15, 0.2) is 0 Å². The number of carbonyl (C=O) groups is 1. The van der Waals surface area contributed by atoms with Crippen molar-refractivity contribution in [2.75, 3.05) is 13.1 Å². The number of unbranched alkanes of at least 4 members (excludes halogenated alkanes) is 5. The molecule has 1 N–H and O–H groups in total. The smallest absolute Gasteiger partial charge is 0.133 e. The normalized spacial score (nSPS) is 16.3. The van der Waals surface area contributed by atoms with Gasteiger partial charge >= 0.3 is 0 Å². The summed E-state index contributed by atoms with van der Waals surface area (Å²) in [5, 5.41) is 3.20. The van der Waals surface area contributed by atoms with Crippen molar-refractivity contribution in [3.05, 3.63) is 0 Å². The monoisotopic (exact) mass is 211 g/mol. The van der Waals surface area contributed by atoms with Crippen LogP contribution in [-0.4, -0.2) is 18.9 Å². The maximum absolute atomic E-state index is 11.5. The molecule has 0 spiro atoms. The predicted octanol–water partition coefficient (Wildman–Crippen LogP) is 2.92. The van der Waals surface area contributed by atoms with Crippen LogP contribution in [0.3, 0.4) is 0 Å². The first kappa shape index (κ1) is 12.7. The highest BCUT2D eigenvalue weighted by Gasteiger charge is 2.19. The van der Waals surface area contributed by atoms with Gasteiger partial charge in [0, 0.05) is 12.8 Å². The van der Waals surface area contributed by atoms with Gasteiger partial charge in [0.1, 0.15) is 5.78 Å². The molecule has 1 fully saturated rings. The molecular formula is C13H25NO. The average Bonchev–Trinajstić information content (AvgIpc) is 2.17. The van der Waals surface area contributed by atoms with E-state index in [0.29, 0.717) is 11.7 Å². The lowest BCUT2D eigenvalue weighted by atomic mass is 9.94. The summed E-state index contributed by atoms with van der Waals surface area (Å²) in [6, 6.07) is 0. The molecule has 0 unspecified atom stereocenters. The van der Waals surface area contributed by atoms with Crippen LogP contribution in [0.25, 0.3) is 0 Å². The van der Waals surface area contributed by atoms with Gasteiger partial charge < -0.3 is 5.32 Å². The van der Waals surface area contributed by atoms with E-state index in [1.807, 2.05) is 0 Å². The Bertz CT molecular complexity index is 175. The zero-order valence-electron chi connectivity index (χ0n) is 10.1. The molecule has 2 nitrogen and oxygen atoms in total. The summed E-state index contributed by atoms with van der Waals surface area (Å²) in [5.74, 6) is 1.13. The van der Waals surface area contributed by atoms with Crippen LogP contribution in [0.5, 0.6) is 0 Å². The largest absolute Gasteiger partial charge is 0.316 e. The molecule has 0 saturated carbocycles. The first-order valence-electron chi connectivity index (χ1n) is 6.55. The molecule has 1 rings (SSSR count). The molecule has 0 aromatic heterocycles. The van der Waals surface area contributed by atoms with Crippen LogP contribution in [0.2, 0.25) is 0 Å². The molecule has 0 radical (unpaired) electrons. The van der Waals surface area contributed by atoms with Crippen molar-refractivity contribution >= 4 is 5.78 Å². The minimum atomic E-state index is 0.483. The highest BCUT2D eigenvalue weighted by atomic mass is 16.1. The van der Waals surface area contributed by atoms with Crippen LogP contribution < -0.4 is 5.32 Å². The Balaban J connectivity index is 1.83. The number of carbonyl (C=O) groups excluding carboxylic acids is 1. The van der Waals surface area contributed by atoms with Gasteiger partial charge in [0.15, 0.2) is 0 Å². The molecular weight excluding hydrogens is 186 g/mol. The lowest BCUT2D eigenvalue weighted by Crippen LogP contribution is -2.42. The molecule has 1 aliphatic heterocycles. The Morgan fingerprint density at radius 3 is 2.40 bits per heavy atom. The van der Waals surface area contributed by atoms with E-state index >= 15 is 0 Å². The van der Waals surface area contributed by atoms with Gasteiger partial charge in [-0.1, -0.05) is 39.0 Å². The van der Waals surface area contributed by atoms with Gasteiger partial charge in [-0.25, -0.2) is 0 Å². The molecule has 88 valence electrons. The second-order valence-electron chi connectivity index (χ2n) is 4.78. The topological polar surface area (TPSA) is 29.1 Å².